The van der Waals surface area contributed by atoms with Crippen LogP contribution < -0.4 is 5.32 Å². The van der Waals surface area contributed by atoms with Gasteiger partial charge in [-0.05, 0) is 20.8 Å². The van der Waals surface area contributed by atoms with Crippen LogP contribution in [0.1, 0.15) is 20.8 Å². The second-order valence-corrected chi connectivity index (χ2v) is 5.70. The number of rotatable bonds is 3. The van der Waals surface area contributed by atoms with E-state index in [-0.39, 0.29) is 0 Å². The number of carbonyl (C=O) groups excluding carboxylic acids is 1. The van der Waals surface area contributed by atoms with Crippen molar-refractivity contribution in [2.24, 2.45) is 5.29 Å². The van der Waals surface area contributed by atoms with Crippen molar-refractivity contribution in [2.45, 2.75) is 56.9 Å². The molecule has 2 heterocycles. The molecule has 10 nitrogen and oxygen atoms in total. The van der Waals surface area contributed by atoms with Crippen LogP contribution in [0.3, 0.4) is 0 Å². The number of nitroso groups, excluding NO2 is 1. The van der Waals surface area contributed by atoms with Crippen LogP contribution in [0.2, 0.25) is 0 Å². The number of hydrogen-bond acceptors (Lipinski definition) is 8. The van der Waals surface area contributed by atoms with Crippen molar-refractivity contribution in [3.05, 3.63) is 4.91 Å². The molecule has 0 spiro atoms. The van der Waals surface area contributed by atoms with Gasteiger partial charge in [0.1, 0.15) is 18.3 Å². The number of nitrogens with zero attached hydrogens (tertiary/aromatic N) is 2. The average Bonchev–Trinajstić information content (AvgIpc) is 2.82. The van der Waals surface area contributed by atoms with E-state index in [1.54, 1.807) is 13.8 Å². The molecule has 2 aliphatic heterocycles. The first-order valence-electron chi connectivity index (χ1n) is 6.38. The predicted octanol–water partition coefficient (Wildman–Crippen LogP) is -0.745. The Balaban J connectivity index is 2.06. The third-order valence-electron chi connectivity index (χ3n) is 3.35. The highest BCUT2D eigenvalue weighted by Gasteiger charge is 2.59. The molecule has 2 rings (SSSR count). The third-order valence-corrected chi connectivity index (χ3v) is 3.35. The van der Waals surface area contributed by atoms with Crippen LogP contribution in [0, 0.1) is 4.91 Å². The molecule has 3 N–H and O–H groups in total. The highest BCUT2D eigenvalue weighted by Crippen LogP contribution is 2.39. The summed E-state index contributed by atoms with van der Waals surface area (Å²) in [6.45, 7) is 4.56. The van der Waals surface area contributed by atoms with Crippen LogP contribution >= 0.6 is 0 Å². The second kappa shape index (κ2) is 5.14. The lowest BCUT2D eigenvalue weighted by Crippen LogP contribution is -2.60. The van der Waals surface area contributed by atoms with Crippen LogP contribution in [-0.4, -0.2) is 64.4 Å². The van der Waals surface area contributed by atoms with Crippen LogP contribution in [-0.2, 0) is 14.2 Å². The number of nitrogens with one attached hydrogen (secondary N) is 1. The van der Waals surface area contributed by atoms with Gasteiger partial charge in [0.25, 0.3) is 0 Å². The Kier molecular flexibility index (Phi) is 3.93. The molecule has 0 saturated carbocycles. The van der Waals surface area contributed by atoms with Gasteiger partial charge in [0.15, 0.2) is 17.8 Å². The number of amides is 2. The van der Waals surface area contributed by atoms with Crippen molar-refractivity contribution in [3.8, 4) is 0 Å². The number of aliphatic hydroxyl groups is 2. The molecule has 0 aromatic heterocycles. The molecular weight excluding hydrogens is 286 g/mol. The molecule has 2 saturated heterocycles. The summed E-state index contributed by atoms with van der Waals surface area (Å²) in [5.41, 5.74) is -1.95. The Morgan fingerprint density at radius 3 is 2.57 bits per heavy atom. The third kappa shape index (κ3) is 2.99. The van der Waals surface area contributed by atoms with Gasteiger partial charge in [0.05, 0.1) is 5.29 Å². The first-order valence-corrected chi connectivity index (χ1v) is 6.38. The summed E-state index contributed by atoms with van der Waals surface area (Å²) in [5, 5.41) is 25.5. The van der Waals surface area contributed by atoms with Crippen molar-refractivity contribution in [3.63, 3.8) is 0 Å². The summed E-state index contributed by atoms with van der Waals surface area (Å²) in [6, 6.07) is -0.940. The molecule has 0 unspecified atom stereocenters. The smallest absolute Gasteiger partial charge is 0.342 e. The predicted molar refractivity (Wildman–Crippen MR) is 67.4 cm³/mol. The van der Waals surface area contributed by atoms with Gasteiger partial charge in [-0.1, -0.05) is 0 Å². The zero-order chi connectivity index (χ0) is 16.0. The van der Waals surface area contributed by atoms with Gasteiger partial charge in [0, 0.05) is 7.05 Å². The summed E-state index contributed by atoms with van der Waals surface area (Å²) < 4.78 is 16.3. The molecule has 2 fully saturated rings. The molecule has 2 amide bonds. The Morgan fingerprint density at radius 2 is 2.05 bits per heavy atom. The maximum Gasteiger partial charge on any atom is 0.342 e. The fraction of sp³-hybridized carbons (Fsp3) is 0.909. The maximum absolute atomic E-state index is 11.6. The van der Waals surface area contributed by atoms with E-state index in [4.69, 9.17) is 14.2 Å². The van der Waals surface area contributed by atoms with Crippen LogP contribution in [0.5, 0.6) is 0 Å². The number of aliphatic hydroxyl groups excluding tert-OH is 1. The quantitative estimate of drug-likeness (QED) is 0.355. The lowest BCUT2D eigenvalue weighted by molar-refractivity contribution is -0.240. The number of hydrogen-bond donors (Lipinski definition) is 3. The number of carbonyl (C=O) groups is 1. The maximum atomic E-state index is 11.6. The van der Waals surface area contributed by atoms with E-state index in [1.807, 2.05) is 0 Å². The van der Waals surface area contributed by atoms with Gasteiger partial charge in [0.2, 0.25) is 0 Å². The van der Waals surface area contributed by atoms with Crippen LogP contribution in [0.15, 0.2) is 5.29 Å². The zero-order valence-electron chi connectivity index (χ0n) is 12.1. The molecule has 21 heavy (non-hydrogen) atoms. The average molecular weight is 305 g/mol. The molecular formula is C11H19N3O7. The fourth-order valence-corrected chi connectivity index (χ4v) is 2.36. The normalized spacial score (nSPS) is 36.7. The molecule has 5 atom stereocenters. The molecule has 120 valence electrons. The minimum absolute atomic E-state index is 0.465. The lowest BCUT2D eigenvalue weighted by atomic mass is 10.0. The monoisotopic (exact) mass is 305 g/mol. The van der Waals surface area contributed by atoms with E-state index in [0.29, 0.717) is 5.01 Å². The van der Waals surface area contributed by atoms with Gasteiger partial charge in [-0.25, -0.2) is 4.79 Å². The summed E-state index contributed by atoms with van der Waals surface area (Å²) >= 11 is 0. The Morgan fingerprint density at radius 1 is 1.43 bits per heavy atom. The molecule has 0 bridgehead atoms. The Labute approximate surface area is 120 Å². The van der Waals surface area contributed by atoms with E-state index in [9.17, 15) is 19.9 Å². The molecule has 0 aromatic carbocycles. The van der Waals surface area contributed by atoms with Crippen LogP contribution in [0.25, 0.3) is 0 Å². The Bertz CT molecular complexity index is 442. The largest absolute Gasteiger partial charge is 0.387 e. The molecule has 10 heteroatoms. The molecule has 0 radical (unpaired) electrons. The minimum Gasteiger partial charge on any atom is -0.387 e. The number of urea groups is 1. The van der Waals surface area contributed by atoms with Gasteiger partial charge in [-0.15, -0.1) is 4.91 Å². The summed E-state index contributed by atoms with van der Waals surface area (Å²) in [5.74, 6) is -0.905. The summed E-state index contributed by atoms with van der Waals surface area (Å²) in [6.07, 6.45) is -4.05. The Hall–Kier alpha value is -1.33. The van der Waals surface area contributed by atoms with Crippen molar-refractivity contribution >= 4 is 6.03 Å². The van der Waals surface area contributed by atoms with E-state index in [1.165, 1.54) is 6.92 Å². The molecule has 0 aromatic rings. The van der Waals surface area contributed by atoms with Gasteiger partial charge in [-0.3, -0.25) is 0 Å². The topological polar surface area (TPSA) is 130 Å². The highest BCUT2D eigenvalue weighted by molar-refractivity contribution is 5.74. The second-order valence-electron chi connectivity index (χ2n) is 5.70. The van der Waals surface area contributed by atoms with E-state index < -0.39 is 42.1 Å². The summed E-state index contributed by atoms with van der Waals surface area (Å²) in [4.78, 5) is 21.8. The first-order chi connectivity index (χ1) is 9.57. The standard InChI is InChI=1S/C11H19N3O7/c1-10(2)20-6-5(15)7(19-8(6)21-10)11(3,17)12-9(16)14(4)13-18/h5-8,15,17H,1-4H3,(H,12,16)/t5-,6-,7+,8-,11-/m1/s1. The van der Waals surface area contributed by atoms with Crippen LogP contribution in [0.4, 0.5) is 4.79 Å². The fourth-order valence-electron chi connectivity index (χ4n) is 2.36. The zero-order valence-corrected chi connectivity index (χ0v) is 12.1. The lowest BCUT2D eigenvalue weighted by Gasteiger charge is -2.34. The van der Waals surface area contributed by atoms with E-state index in [2.05, 4.69) is 10.6 Å². The SMILES string of the molecule is CN(N=O)C(=O)N[C@](C)(O)[C@H]1O[C@@H]2OC(C)(C)O[C@@H]2[C@H]1O. The van der Waals surface area contributed by atoms with Gasteiger partial charge < -0.3 is 29.7 Å². The van der Waals surface area contributed by atoms with Crippen molar-refractivity contribution < 1.29 is 29.2 Å². The summed E-state index contributed by atoms with van der Waals surface area (Å²) in [7, 11) is 1.12. The van der Waals surface area contributed by atoms with Gasteiger partial charge in [-0.2, -0.15) is 5.01 Å². The van der Waals surface area contributed by atoms with Crippen molar-refractivity contribution in [2.75, 3.05) is 7.05 Å². The molecule has 2 aliphatic rings. The number of fused-ring (bicyclic) bond motifs is 1. The van der Waals surface area contributed by atoms with Gasteiger partial charge >= 0.3 is 6.03 Å². The van der Waals surface area contributed by atoms with Crippen molar-refractivity contribution in [1.29, 1.82) is 0 Å². The molecule has 0 aliphatic carbocycles. The highest BCUT2D eigenvalue weighted by atomic mass is 16.8. The first kappa shape index (κ1) is 16.0. The van der Waals surface area contributed by atoms with E-state index >= 15 is 0 Å². The van der Waals surface area contributed by atoms with Crippen molar-refractivity contribution in [1.82, 2.24) is 10.3 Å². The van der Waals surface area contributed by atoms with E-state index in [0.717, 1.165) is 7.05 Å². The minimum atomic E-state index is -1.95. The number of ether oxygens (including phenoxy) is 3.